The molecule has 0 heterocycles. The van der Waals surface area contributed by atoms with E-state index in [1.807, 2.05) is 0 Å². The SMILES string of the molecule is Cc1cc(S(N)(=O)=O)ccc1C#CCN. The Morgan fingerprint density at radius 3 is 2.53 bits per heavy atom. The van der Waals surface area contributed by atoms with E-state index in [2.05, 4.69) is 11.8 Å². The monoisotopic (exact) mass is 224 g/mol. The molecule has 80 valence electrons. The van der Waals surface area contributed by atoms with Crippen molar-refractivity contribution in [2.24, 2.45) is 10.9 Å². The highest BCUT2D eigenvalue weighted by molar-refractivity contribution is 7.89. The zero-order valence-electron chi connectivity index (χ0n) is 8.32. The van der Waals surface area contributed by atoms with Gasteiger partial charge in [-0.15, -0.1) is 0 Å². The molecule has 15 heavy (non-hydrogen) atoms. The van der Waals surface area contributed by atoms with Crippen molar-refractivity contribution in [3.63, 3.8) is 0 Å². The highest BCUT2D eigenvalue weighted by Gasteiger charge is 2.08. The van der Waals surface area contributed by atoms with Gasteiger partial charge in [0.2, 0.25) is 10.0 Å². The van der Waals surface area contributed by atoms with Crippen LogP contribution in [0.3, 0.4) is 0 Å². The normalized spacial score (nSPS) is 10.6. The van der Waals surface area contributed by atoms with Gasteiger partial charge in [0.15, 0.2) is 0 Å². The molecule has 0 radical (unpaired) electrons. The highest BCUT2D eigenvalue weighted by Crippen LogP contribution is 2.13. The number of hydrogen-bond donors (Lipinski definition) is 2. The summed E-state index contributed by atoms with van der Waals surface area (Å²) in [7, 11) is -3.64. The molecular weight excluding hydrogens is 212 g/mol. The van der Waals surface area contributed by atoms with Crippen molar-refractivity contribution in [2.45, 2.75) is 11.8 Å². The minimum atomic E-state index is -3.64. The topological polar surface area (TPSA) is 86.2 Å². The summed E-state index contributed by atoms with van der Waals surface area (Å²) in [5, 5.41) is 4.99. The Hall–Kier alpha value is -1.35. The van der Waals surface area contributed by atoms with Gasteiger partial charge in [-0.05, 0) is 30.7 Å². The van der Waals surface area contributed by atoms with Crippen molar-refractivity contribution in [2.75, 3.05) is 6.54 Å². The van der Waals surface area contributed by atoms with Gasteiger partial charge in [-0.2, -0.15) is 0 Å². The molecule has 0 aliphatic rings. The van der Waals surface area contributed by atoms with Crippen LogP contribution in [0.5, 0.6) is 0 Å². The standard InChI is InChI=1S/C10H12N2O2S/c1-8-7-10(15(12,13)14)5-4-9(8)3-2-6-11/h4-5,7H,6,11H2,1H3,(H2,12,13,14). The third kappa shape index (κ3) is 3.06. The van der Waals surface area contributed by atoms with Crippen LogP contribution in [0.4, 0.5) is 0 Å². The number of sulfonamides is 1. The molecule has 0 unspecified atom stereocenters. The summed E-state index contributed by atoms with van der Waals surface area (Å²) < 4.78 is 22.1. The molecule has 1 aromatic carbocycles. The van der Waals surface area contributed by atoms with E-state index in [1.165, 1.54) is 12.1 Å². The van der Waals surface area contributed by atoms with Gasteiger partial charge in [0.1, 0.15) is 0 Å². The number of nitrogens with two attached hydrogens (primary N) is 2. The van der Waals surface area contributed by atoms with Crippen LogP contribution in [0.2, 0.25) is 0 Å². The van der Waals surface area contributed by atoms with E-state index in [4.69, 9.17) is 10.9 Å². The molecule has 0 saturated heterocycles. The van der Waals surface area contributed by atoms with E-state index in [0.717, 1.165) is 11.1 Å². The van der Waals surface area contributed by atoms with Gasteiger partial charge in [-0.25, -0.2) is 13.6 Å². The summed E-state index contributed by atoms with van der Waals surface area (Å²) in [5.41, 5.74) is 6.76. The third-order valence-corrected chi connectivity index (χ3v) is 2.76. The Bertz CT molecular complexity index is 524. The predicted octanol–water partition coefficient (Wildman–Crippen LogP) is -0.0474. The molecular formula is C10H12N2O2S. The van der Waals surface area contributed by atoms with Gasteiger partial charge >= 0.3 is 0 Å². The summed E-state index contributed by atoms with van der Waals surface area (Å²) >= 11 is 0. The number of hydrogen-bond acceptors (Lipinski definition) is 3. The van der Waals surface area contributed by atoms with Crippen LogP contribution in [-0.4, -0.2) is 15.0 Å². The second-order valence-corrected chi connectivity index (χ2v) is 4.59. The molecule has 0 fully saturated rings. The van der Waals surface area contributed by atoms with Crippen molar-refractivity contribution in [1.29, 1.82) is 0 Å². The van der Waals surface area contributed by atoms with Gasteiger partial charge in [0.25, 0.3) is 0 Å². The van der Waals surface area contributed by atoms with Crippen LogP contribution in [0.1, 0.15) is 11.1 Å². The van der Waals surface area contributed by atoms with E-state index in [0.29, 0.717) is 0 Å². The first-order valence-corrected chi connectivity index (χ1v) is 5.82. The minimum absolute atomic E-state index is 0.0956. The fraction of sp³-hybridized carbons (Fsp3) is 0.200. The third-order valence-electron chi connectivity index (χ3n) is 1.85. The summed E-state index contributed by atoms with van der Waals surface area (Å²) in [6, 6.07) is 4.55. The molecule has 4 N–H and O–H groups in total. The molecule has 0 aliphatic carbocycles. The molecule has 0 aliphatic heterocycles. The lowest BCUT2D eigenvalue weighted by atomic mass is 10.1. The summed E-state index contributed by atoms with van der Waals surface area (Å²) in [5.74, 6) is 5.54. The Morgan fingerprint density at radius 2 is 2.07 bits per heavy atom. The second-order valence-electron chi connectivity index (χ2n) is 3.03. The second kappa shape index (κ2) is 4.45. The molecule has 0 amide bonds. The summed E-state index contributed by atoms with van der Waals surface area (Å²) in [6.45, 7) is 2.05. The molecule has 1 aromatic rings. The van der Waals surface area contributed by atoms with Crippen molar-refractivity contribution in [3.8, 4) is 11.8 Å². The Kier molecular flexibility index (Phi) is 3.48. The number of primary sulfonamides is 1. The van der Waals surface area contributed by atoms with Crippen molar-refractivity contribution >= 4 is 10.0 Å². The van der Waals surface area contributed by atoms with E-state index in [9.17, 15) is 8.42 Å². The lowest BCUT2D eigenvalue weighted by molar-refractivity contribution is 0.597. The number of aryl methyl sites for hydroxylation is 1. The van der Waals surface area contributed by atoms with Crippen LogP contribution in [-0.2, 0) is 10.0 Å². The average molecular weight is 224 g/mol. The minimum Gasteiger partial charge on any atom is -0.320 e. The highest BCUT2D eigenvalue weighted by atomic mass is 32.2. The average Bonchev–Trinajstić information content (AvgIpc) is 2.14. The van der Waals surface area contributed by atoms with Crippen molar-refractivity contribution in [3.05, 3.63) is 29.3 Å². The van der Waals surface area contributed by atoms with Gasteiger partial charge in [0, 0.05) is 5.56 Å². The quantitative estimate of drug-likeness (QED) is 0.656. The Labute approximate surface area is 89.3 Å². The van der Waals surface area contributed by atoms with E-state index in [1.54, 1.807) is 13.0 Å². The van der Waals surface area contributed by atoms with Crippen LogP contribution < -0.4 is 10.9 Å². The maximum Gasteiger partial charge on any atom is 0.238 e. The molecule has 5 heteroatoms. The zero-order valence-corrected chi connectivity index (χ0v) is 9.14. The molecule has 1 rings (SSSR count). The number of rotatable bonds is 1. The Balaban J connectivity index is 3.21. The van der Waals surface area contributed by atoms with Crippen LogP contribution in [0, 0.1) is 18.8 Å². The molecule has 4 nitrogen and oxygen atoms in total. The van der Waals surface area contributed by atoms with Gasteiger partial charge in [-0.3, -0.25) is 0 Å². The largest absolute Gasteiger partial charge is 0.320 e. The van der Waals surface area contributed by atoms with Gasteiger partial charge in [0.05, 0.1) is 11.4 Å². The number of benzene rings is 1. The van der Waals surface area contributed by atoms with Crippen LogP contribution in [0.25, 0.3) is 0 Å². The lowest BCUT2D eigenvalue weighted by Crippen LogP contribution is -2.12. The van der Waals surface area contributed by atoms with E-state index < -0.39 is 10.0 Å². The fourth-order valence-corrected chi connectivity index (χ4v) is 1.70. The molecule has 0 bridgehead atoms. The van der Waals surface area contributed by atoms with E-state index >= 15 is 0 Å². The lowest BCUT2D eigenvalue weighted by Gasteiger charge is -2.01. The first kappa shape index (κ1) is 11.7. The fourth-order valence-electron chi connectivity index (χ4n) is 1.10. The van der Waals surface area contributed by atoms with E-state index in [-0.39, 0.29) is 11.4 Å². The van der Waals surface area contributed by atoms with Crippen molar-refractivity contribution < 1.29 is 8.42 Å². The molecule has 0 aromatic heterocycles. The van der Waals surface area contributed by atoms with Crippen LogP contribution >= 0.6 is 0 Å². The molecule has 0 spiro atoms. The summed E-state index contributed by atoms with van der Waals surface area (Å²) in [6.07, 6.45) is 0. The van der Waals surface area contributed by atoms with Gasteiger partial charge in [-0.1, -0.05) is 11.8 Å². The maximum atomic E-state index is 11.0. The first-order valence-electron chi connectivity index (χ1n) is 4.27. The maximum absolute atomic E-state index is 11.0. The summed E-state index contributed by atoms with van der Waals surface area (Å²) in [4.78, 5) is 0.0956. The molecule has 0 saturated carbocycles. The molecule has 0 atom stereocenters. The first-order chi connectivity index (χ1) is 6.95. The van der Waals surface area contributed by atoms with Crippen molar-refractivity contribution in [1.82, 2.24) is 0 Å². The Morgan fingerprint density at radius 1 is 1.40 bits per heavy atom. The zero-order chi connectivity index (χ0) is 11.5. The van der Waals surface area contributed by atoms with Crippen LogP contribution in [0.15, 0.2) is 23.1 Å². The predicted molar refractivity (Wildman–Crippen MR) is 58.5 cm³/mol. The van der Waals surface area contributed by atoms with Gasteiger partial charge < -0.3 is 5.73 Å². The smallest absolute Gasteiger partial charge is 0.238 e.